The minimum absolute atomic E-state index is 0.0272. The van der Waals surface area contributed by atoms with Crippen molar-refractivity contribution in [2.24, 2.45) is 0 Å². The number of pyridine rings is 1. The number of halogens is 1. The van der Waals surface area contributed by atoms with Gasteiger partial charge < -0.3 is 15.2 Å². The van der Waals surface area contributed by atoms with Gasteiger partial charge >= 0.3 is 0 Å². The largest absolute Gasteiger partial charge is 0.354 e. The molecule has 1 unspecified atom stereocenters. The Balaban J connectivity index is 1.97. The minimum Gasteiger partial charge on any atom is -0.354 e. The Morgan fingerprint density at radius 2 is 2.04 bits per heavy atom. The molecule has 1 N–H and O–H groups in total. The monoisotopic (exact) mass is 334 g/mol. The van der Waals surface area contributed by atoms with Crippen molar-refractivity contribution in [3.8, 4) is 0 Å². The highest BCUT2D eigenvalue weighted by atomic mass is 35.5. The summed E-state index contributed by atoms with van der Waals surface area (Å²) >= 11 is 6.28. The fraction of sp³-hybridized carbons (Fsp3) is 0.588. The summed E-state index contributed by atoms with van der Waals surface area (Å²) in [4.78, 5) is 21.4. The van der Waals surface area contributed by atoms with Crippen LogP contribution in [0.25, 0.3) is 0 Å². The maximum atomic E-state index is 12.9. The number of amides is 1. The van der Waals surface area contributed by atoms with Crippen LogP contribution >= 0.6 is 11.6 Å². The number of nitrogens with zero attached hydrogens (tertiary/aromatic N) is 3. The minimum atomic E-state index is -0.0272. The number of carbonyl (C=O) groups is 1. The molecule has 124 valence electrons. The summed E-state index contributed by atoms with van der Waals surface area (Å²) in [5.41, 5.74) is 0.939. The molecule has 5 nitrogen and oxygen atoms in total. The molecule has 0 saturated carbocycles. The number of hydrogen-bond acceptors (Lipinski definition) is 4. The van der Waals surface area contributed by atoms with Crippen molar-refractivity contribution in [1.82, 2.24) is 9.88 Å². The molecule has 1 atom stereocenters. The van der Waals surface area contributed by atoms with E-state index in [1.165, 1.54) is 6.42 Å². The van der Waals surface area contributed by atoms with E-state index in [0.29, 0.717) is 17.2 Å². The molecule has 6 heteroatoms. The van der Waals surface area contributed by atoms with Crippen LogP contribution in [-0.4, -0.2) is 47.7 Å². The smallest absolute Gasteiger partial charge is 0.254 e. The topological polar surface area (TPSA) is 60.3 Å². The van der Waals surface area contributed by atoms with Gasteiger partial charge in [-0.15, -0.1) is 0 Å². The van der Waals surface area contributed by atoms with Crippen LogP contribution in [0.2, 0.25) is 5.15 Å². The van der Waals surface area contributed by atoms with Crippen LogP contribution in [0.5, 0.6) is 0 Å². The van der Waals surface area contributed by atoms with Crippen molar-refractivity contribution in [2.45, 2.75) is 45.1 Å². The van der Waals surface area contributed by atoms with Crippen molar-refractivity contribution in [3.63, 3.8) is 0 Å². The molecule has 1 aromatic rings. The highest BCUT2D eigenvalue weighted by Crippen LogP contribution is 2.29. The zero-order valence-electron chi connectivity index (χ0n) is 13.5. The van der Waals surface area contributed by atoms with Crippen LogP contribution < -0.4 is 4.90 Å². The molecule has 2 aliphatic rings. The van der Waals surface area contributed by atoms with E-state index in [9.17, 15) is 4.79 Å². The fourth-order valence-corrected chi connectivity index (χ4v) is 3.76. The van der Waals surface area contributed by atoms with Crippen LogP contribution in [-0.2, 0) is 0 Å². The van der Waals surface area contributed by atoms with E-state index in [-0.39, 0.29) is 11.1 Å². The van der Waals surface area contributed by atoms with Crippen LogP contribution in [0.1, 0.15) is 54.9 Å². The predicted molar refractivity (Wildman–Crippen MR) is 92.9 cm³/mol. The second-order valence-corrected chi connectivity index (χ2v) is 6.77. The highest BCUT2D eigenvalue weighted by Gasteiger charge is 2.27. The maximum Gasteiger partial charge on any atom is 0.254 e. The zero-order chi connectivity index (χ0) is 16.4. The van der Waals surface area contributed by atoms with E-state index in [2.05, 4.69) is 16.8 Å². The first-order valence-corrected chi connectivity index (χ1v) is 8.76. The second kappa shape index (κ2) is 6.87. The Morgan fingerprint density at radius 3 is 2.65 bits per heavy atom. The van der Waals surface area contributed by atoms with Crippen molar-refractivity contribution >= 4 is 29.5 Å². The van der Waals surface area contributed by atoms with E-state index in [1.54, 1.807) is 0 Å². The average Bonchev–Trinajstić information content (AvgIpc) is 3.00. The van der Waals surface area contributed by atoms with Crippen LogP contribution in [0.15, 0.2) is 6.07 Å². The summed E-state index contributed by atoms with van der Waals surface area (Å²) in [6.07, 6.45) is 6.66. The Hall–Kier alpha value is -1.62. The van der Waals surface area contributed by atoms with Gasteiger partial charge in [0.2, 0.25) is 0 Å². The van der Waals surface area contributed by atoms with E-state index < -0.39 is 0 Å². The molecule has 0 aliphatic carbocycles. The maximum absolute atomic E-state index is 12.9. The second-order valence-electron chi connectivity index (χ2n) is 6.41. The van der Waals surface area contributed by atoms with Gasteiger partial charge in [0.15, 0.2) is 0 Å². The fourth-order valence-electron chi connectivity index (χ4n) is 3.51. The summed E-state index contributed by atoms with van der Waals surface area (Å²) in [5.74, 6) is 0.728. The molecule has 0 radical (unpaired) electrons. The van der Waals surface area contributed by atoms with Crippen molar-refractivity contribution < 1.29 is 4.79 Å². The molecule has 23 heavy (non-hydrogen) atoms. The van der Waals surface area contributed by atoms with E-state index in [0.717, 1.165) is 57.4 Å². The van der Waals surface area contributed by atoms with Gasteiger partial charge in [0.1, 0.15) is 11.0 Å². The predicted octanol–water partition coefficient (Wildman–Crippen LogP) is 3.35. The van der Waals surface area contributed by atoms with Gasteiger partial charge in [0.25, 0.3) is 5.91 Å². The number of hydrogen-bond donors (Lipinski definition) is 1. The molecule has 2 saturated heterocycles. The third kappa shape index (κ3) is 3.20. The molecule has 2 fully saturated rings. The SMILES string of the molecule is CC1CCCN1c1cc(C(=O)N2CCCCC2)c(C=N)c(Cl)n1. The normalized spacial score (nSPS) is 21.6. The first-order valence-electron chi connectivity index (χ1n) is 8.38. The van der Waals surface area contributed by atoms with E-state index in [1.807, 2.05) is 11.0 Å². The Kier molecular flexibility index (Phi) is 4.85. The van der Waals surface area contributed by atoms with Crippen LogP contribution in [0.3, 0.4) is 0 Å². The Labute approximate surface area is 142 Å². The standard InChI is InChI=1S/C17H23ClN4O/c1-12-6-5-9-22(12)15-10-13(14(11-19)16(18)20-15)17(23)21-7-3-2-4-8-21/h10-12,19H,2-9H2,1H3. The summed E-state index contributed by atoms with van der Waals surface area (Å²) in [7, 11) is 0. The van der Waals surface area contributed by atoms with Crippen LogP contribution in [0, 0.1) is 5.41 Å². The molecule has 3 rings (SSSR count). The van der Waals surface area contributed by atoms with Gasteiger partial charge in [-0.05, 0) is 45.1 Å². The summed E-state index contributed by atoms with van der Waals surface area (Å²) in [6, 6.07) is 2.23. The summed E-state index contributed by atoms with van der Waals surface area (Å²) in [5, 5.41) is 7.87. The third-order valence-electron chi connectivity index (χ3n) is 4.86. The molecular weight excluding hydrogens is 312 g/mol. The van der Waals surface area contributed by atoms with E-state index in [4.69, 9.17) is 17.0 Å². The molecule has 3 heterocycles. The molecule has 1 amide bonds. The lowest BCUT2D eigenvalue weighted by molar-refractivity contribution is 0.0724. The third-order valence-corrected chi connectivity index (χ3v) is 5.15. The highest BCUT2D eigenvalue weighted by molar-refractivity contribution is 6.32. The lowest BCUT2D eigenvalue weighted by atomic mass is 10.1. The van der Waals surface area contributed by atoms with E-state index >= 15 is 0 Å². The lowest BCUT2D eigenvalue weighted by Gasteiger charge is -2.28. The van der Waals surface area contributed by atoms with Gasteiger partial charge in [-0.25, -0.2) is 4.98 Å². The molecular formula is C17H23ClN4O. The number of carbonyl (C=O) groups excluding carboxylic acids is 1. The molecule has 1 aromatic heterocycles. The number of likely N-dealkylation sites (tertiary alicyclic amines) is 1. The lowest BCUT2D eigenvalue weighted by Crippen LogP contribution is -2.36. The van der Waals surface area contributed by atoms with Gasteiger partial charge in [-0.1, -0.05) is 11.6 Å². The van der Waals surface area contributed by atoms with Crippen molar-refractivity contribution in [1.29, 1.82) is 5.41 Å². The first-order chi connectivity index (χ1) is 11.1. The number of nitrogens with one attached hydrogen (secondary N) is 1. The van der Waals surface area contributed by atoms with Crippen LogP contribution in [0.4, 0.5) is 5.82 Å². The molecule has 0 bridgehead atoms. The first kappa shape index (κ1) is 16.2. The van der Waals surface area contributed by atoms with Crippen molar-refractivity contribution in [2.75, 3.05) is 24.5 Å². The quantitative estimate of drug-likeness (QED) is 0.681. The zero-order valence-corrected chi connectivity index (χ0v) is 14.3. The summed E-state index contributed by atoms with van der Waals surface area (Å²) in [6.45, 7) is 4.67. The number of rotatable bonds is 3. The molecule has 0 spiro atoms. The number of aromatic nitrogens is 1. The van der Waals surface area contributed by atoms with Gasteiger partial charge in [-0.2, -0.15) is 0 Å². The van der Waals surface area contributed by atoms with Crippen molar-refractivity contribution in [3.05, 3.63) is 22.3 Å². The van der Waals surface area contributed by atoms with Gasteiger partial charge in [0, 0.05) is 37.5 Å². The number of piperidine rings is 1. The molecule has 2 aliphatic heterocycles. The number of anilines is 1. The van der Waals surface area contributed by atoms with Gasteiger partial charge in [0.05, 0.1) is 5.56 Å². The average molecular weight is 335 g/mol. The Morgan fingerprint density at radius 1 is 1.30 bits per heavy atom. The Bertz CT molecular complexity index is 613. The van der Waals surface area contributed by atoms with Gasteiger partial charge in [-0.3, -0.25) is 4.79 Å². The molecule has 0 aromatic carbocycles. The summed E-state index contributed by atoms with van der Waals surface area (Å²) < 4.78 is 0.